The van der Waals surface area contributed by atoms with Gasteiger partial charge < -0.3 is 14.3 Å². The van der Waals surface area contributed by atoms with Crippen molar-refractivity contribution in [3.8, 4) is 11.6 Å². The van der Waals surface area contributed by atoms with E-state index in [1.54, 1.807) is 30.7 Å². The molecule has 0 bridgehead atoms. The van der Waals surface area contributed by atoms with E-state index in [1.807, 2.05) is 24.3 Å². The molecule has 27 heavy (non-hydrogen) atoms. The van der Waals surface area contributed by atoms with Gasteiger partial charge in [0.15, 0.2) is 5.76 Å². The van der Waals surface area contributed by atoms with Gasteiger partial charge in [0.05, 0.1) is 18.2 Å². The number of hydrogen-bond acceptors (Lipinski definition) is 6. The number of nitrogens with zero attached hydrogens (tertiary/aromatic N) is 3. The summed E-state index contributed by atoms with van der Waals surface area (Å²) in [7, 11) is 0. The Balaban J connectivity index is 1.54. The SMILES string of the molecule is O=C(Nc1ccccc1Cc1nc(-c2ccco2)no1)c1cncc(Br)c1. The molecule has 0 unspecified atom stereocenters. The number of halogens is 1. The average molecular weight is 425 g/mol. The first kappa shape index (κ1) is 17.2. The second-order valence-electron chi connectivity index (χ2n) is 5.67. The summed E-state index contributed by atoms with van der Waals surface area (Å²) in [5, 5.41) is 6.82. The lowest BCUT2D eigenvalue weighted by Crippen LogP contribution is -2.13. The number of rotatable bonds is 5. The number of carbonyl (C=O) groups excluding carboxylic acids is 1. The van der Waals surface area contributed by atoms with Gasteiger partial charge in [-0.15, -0.1) is 0 Å². The van der Waals surface area contributed by atoms with Gasteiger partial charge in [-0.25, -0.2) is 0 Å². The van der Waals surface area contributed by atoms with E-state index in [2.05, 4.69) is 36.4 Å². The maximum atomic E-state index is 12.5. The van der Waals surface area contributed by atoms with Gasteiger partial charge in [0, 0.05) is 22.6 Å². The molecule has 7 nitrogen and oxygen atoms in total. The van der Waals surface area contributed by atoms with Crippen LogP contribution in [0, 0.1) is 0 Å². The van der Waals surface area contributed by atoms with Crippen LogP contribution in [-0.2, 0) is 6.42 Å². The second kappa shape index (κ2) is 7.55. The van der Waals surface area contributed by atoms with Crippen LogP contribution < -0.4 is 5.32 Å². The third-order valence-corrected chi connectivity index (χ3v) is 4.22. The van der Waals surface area contributed by atoms with Crippen LogP contribution >= 0.6 is 15.9 Å². The van der Waals surface area contributed by atoms with Crippen LogP contribution in [0.1, 0.15) is 21.8 Å². The van der Waals surface area contributed by atoms with Crippen molar-refractivity contribution in [2.75, 3.05) is 5.32 Å². The standard InChI is InChI=1S/C19H13BrN4O3/c20-14-8-13(10-21-11-14)19(25)22-15-5-2-1-4-12(15)9-17-23-18(24-27-17)16-6-3-7-26-16/h1-8,10-11H,9H2,(H,22,25). The molecule has 3 aromatic heterocycles. The Bertz CT molecular complexity index is 1080. The van der Waals surface area contributed by atoms with Crippen LogP contribution in [0.5, 0.6) is 0 Å². The Morgan fingerprint density at radius 3 is 2.85 bits per heavy atom. The average Bonchev–Trinajstić information content (AvgIpc) is 3.35. The minimum atomic E-state index is -0.252. The fourth-order valence-corrected chi connectivity index (χ4v) is 2.89. The zero-order chi connectivity index (χ0) is 18.6. The van der Waals surface area contributed by atoms with Crippen LogP contribution in [0.3, 0.4) is 0 Å². The van der Waals surface area contributed by atoms with Crippen LogP contribution in [-0.4, -0.2) is 21.0 Å². The van der Waals surface area contributed by atoms with Crippen molar-refractivity contribution >= 4 is 27.5 Å². The number of carbonyl (C=O) groups is 1. The number of nitrogens with one attached hydrogen (secondary N) is 1. The second-order valence-corrected chi connectivity index (χ2v) is 6.58. The molecule has 0 atom stereocenters. The van der Waals surface area contributed by atoms with E-state index in [-0.39, 0.29) is 5.91 Å². The maximum Gasteiger partial charge on any atom is 0.257 e. The summed E-state index contributed by atoms with van der Waals surface area (Å²) in [5.41, 5.74) is 1.97. The van der Waals surface area contributed by atoms with Crippen LogP contribution in [0.25, 0.3) is 11.6 Å². The topological polar surface area (TPSA) is 94.1 Å². The summed E-state index contributed by atoms with van der Waals surface area (Å²) >= 11 is 3.32. The van der Waals surface area contributed by atoms with Gasteiger partial charge in [-0.05, 0) is 45.8 Å². The molecule has 8 heteroatoms. The van der Waals surface area contributed by atoms with Crippen LogP contribution in [0.2, 0.25) is 0 Å². The van der Waals surface area contributed by atoms with Gasteiger partial charge >= 0.3 is 0 Å². The lowest BCUT2D eigenvalue weighted by atomic mass is 10.1. The zero-order valence-electron chi connectivity index (χ0n) is 13.9. The predicted molar refractivity (Wildman–Crippen MR) is 101 cm³/mol. The van der Waals surface area contributed by atoms with Gasteiger partial charge in [0.25, 0.3) is 5.91 Å². The molecule has 0 saturated heterocycles. The largest absolute Gasteiger partial charge is 0.461 e. The molecule has 134 valence electrons. The smallest absolute Gasteiger partial charge is 0.257 e. The van der Waals surface area contributed by atoms with Crippen molar-refractivity contribution in [1.29, 1.82) is 0 Å². The summed E-state index contributed by atoms with van der Waals surface area (Å²) in [5.74, 6) is 1.09. The van der Waals surface area contributed by atoms with E-state index in [0.717, 1.165) is 10.0 Å². The number of furan rings is 1. The normalized spacial score (nSPS) is 10.7. The van der Waals surface area contributed by atoms with Crippen LogP contribution in [0.15, 0.2) is 74.5 Å². The molecule has 4 aromatic rings. The number of amides is 1. The highest BCUT2D eigenvalue weighted by Gasteiger charge is 2.14. The van der Waals surface area contributed by atoms with E-state index < -0.39 is 0 Å². The molecule has 0 aliphatic rings. The third-order valence-electron chi connectivity index (χ3n) is 3.78. The van der Waals surface area contributed by atoms with E-state index in [4.69, 9.17) is 8.94 Å². The Kier molecular flexibility index (Phi) is 4.80. The molecule has 0 aliphatic carbocycles. The van der Waals surface area contributed by atoms with Crippen molar-refractivity contribution in [1.82, 2.24) is 15.1 Å². The lowest BCUT2D eigenvalue weighted by molar-refractivity contribution is 0.102. The van der Waals surface area contributed by atoms with Gasteiger partial charge in [0.1, 0.15) is 0 Å². The van der Waals surface area contributed by atoms with Crippen molar-refractivity contribution < 1.29 is 13.7 Å². The number of pyridine rings is 1. The first-order valence-electron chi connectivity index (χ1n) is 8.05. The Morgan fingerprint density at radius 1 is 1.15 bits per heavy atom. The van der Waals surface area contributed by atoms with E-state index in [0.29, 0.717) is 35.1 Å². The monoisotopic (exact) mass is 424 g/mol. The van der Waals surface area contributed by atoms with E-state index in [9.17, 15) is 4.79 Å². The van der Waals surface area contributed by atoms with Crippen molar-refractivity contribution in [2.45, 2.75) is 6.42 Å². The lowest BCUT2D eigenvalue weighted by Gasteiger charge is -2.09. The summed E-state index contributed by atoms with van der Waals surface area (Å²) in [6, 6.07) is 12.7. The third kappa shape index (κ3) is 3.95. The number of aromatic nitrogens is 3. The van der Waals surface area contributed by atoms with Crippen molar-refractivity contribution in [3.05, 3.63) is 82.6 Å². The first-order chi connectivity index (χ1) is 13.2. The summed E-state index contributed by atoms with van der Waals surface area (Å²) in [6.07, 6.45) is 5.06. The van der Waals surface area contributed by atoms with E-state index in [1.165, 1.54) is 6.20 Å². The molecular formula is C19H13BrN4O3. The van der Waals surface area contributed by atoms with E-state index >= 15 is 0 Å². The number of hydrogen-bond donors (Lipinski definition) is 1. The molecule has 0 radical (unpaired) electrons. The summed E-state index contributed by atoms with van der Waals surface area (Å²) in [6.45, 7) is 0. The number of anilines is 1. The molecule has 1 amide bonds. The molecule has 0 fully saturated rings. The molecule has 1 N–H and O–H groups in total. The van der Waals surface area contributed by atoms with Gasteiger partial charge in [-0.1, -0.05) is 23.4 Å². The van der Waals surface area contributed by atoms with Crippen molar-refractivity contribution in [3.63, 3.8) is 0 Å². The van der Waals surface area contributed by atoms with Crippen molar-refractivity contribution in [2.24, 2.45) is 0 Å². The minimum absolute atomic E-state index is 0.252. The fraction of sp³-hybridized carbons (Fsp3) is 0.0526. The van der Waals surface area contributed by atoms with Gasteiger partial charge in [0.2, 0.25) is 11.7 Å². The Hall–Kier alpha value is -3.26. The fourth-order valence-electron chi connectivity index (χ4n) is 2.52. The minimum Gasteiger partial charge on any atom is -0.461 e. The number of benzene rings is 1. The highest BCUT2D eigenvalue weighted by molar-refractivity contribution is 9.10. The Labute approximate surface area is 162 Å². The van der Waals surface area contributed by atoms with Gasteiger partial charge in [-0.2, -0.15) is 4.98 Å². The highest BCUT2D eigenvalue weighted by atomic mass is 79.9. The van der Waals surface area contributed by atoms with Crippen LogP contribution in [0.4, 0.5) is 5.69 Å². The molecule has 3 heterocycles. The van der Waals surface area contributed by atoms with Gasteiger partial charge in [-0.3, -0.25) is 9.78 Å². The molecule has 1 aromatic carbocycles. The summed E-state index contributed by atoms with van der Waals surface area (Å²) in [4.78, 5) is 20.8. The molecular weight excluding hydrogens is 412 g/mol. The zero-order valence-corrected chi connectivity index (χ0v) is 15.5. The molecule has 0 aliphatic heterocycles. The highest BCUT2D eigenvalue weighted by Crippen LogP contribution is 2.22. The molecule has 0 saturated carbocycles. The Morgan fingerprint density at radius 2 is 2.04 bits per heavy atom. The summed E-state index contributed by atoms with van der Waals surface area (Å²) < 4.78 is 11.3. The molecule has 0 spiro atoms. The quantitative estimate of drug-likeness (QED) is 0.512. The molecule has 4 rings (SSSR count). The number of para-hydroxylation sites is 1. The maximum absolute atomic E-state index is 12.5. The predicted octanol–water partition coefficient (Wildman–Crippen LogP) is 4.33. The first-order valence-corrected chi connectivity index (χ1v) is 8.84.